The molecule has 1 aliphatic rings. The number of aldehydes is 1. The highest BCUT2D eigenvalue weighted by molar-refractivity contribution is 6.82. The number of allylic oxidation sites excluding steroid dienone is 2. The minimum Gasteiger partial charge on any atom is -0.357 e. The molecule has 2 N–H and O–H groups in total. The van der Waals surface area contributed by atoms with Crippen molar-refractivity contribution in [3.8, 4) is 0 Å². The molecule has 24 heavy (non-hydrogen) atoms. The molecule has 0 saturated carbocycles. The molecule has 0 aliphatic carbocycles. The van der Waals surface area contributed by atoms with Gasteiger partial charge in [0.15, 0.2) is 0 Å². The van der Waals surface area contributed by atoms with Gasteiger partial charge in [-0.15, -0.1) is 0 Å². The van der Waals surface area contributed by atoms with Crippen LogP contribution in [0.1, 0.15) is 37.6 Å². The quantitative estimate of drug-likeness (QED) is 0.595. The molecule has 0 fully saturated rings. The van der Waals surface area contributed by atoms with Gasteiger partial charge >= 0.3 is 0 Å². The summed E-state index contributed by atoms with van der Waals surface area (Å²) in [5.41, 5.74) is 3.60. The lowest BCUT2D eigenvalue weighted by Gasteiger charge is -2.11. The van der Waals surface area contributed by atoms with Crippen LogP contribution < -0.4 is 10.6 Å². The topological polar surface area (TPSA) is 70.6 Å². The van der Waals surface area contributed by atoms with Crippen LogP contribution in [-0.4, -0.2) is 37.8 Å². The fraction of sp³-hybridized carbons (Fsp3) is 0.389. The number of nitrogens with zero attached hydrogens (tertiary/aromatic N) is 1. The number of carbonyl (C=O) groups is 2. The smallest absolute Gasteiger partial charge is 0.251 e. The molecule has 125 valence electrons. The van der Waals surface area contributed by atoms with Crippen molar-refractivity contribution in [2.45, 2.75) is 33.2 Å². The third kappa shape index (κ3) is 5.08. The number of hydrogen-bond donors (Lipinski definition) is 2. The van der Waals surface area contributed by atoms with E-state index >= 15 is 0 Å². The van der Waals surface area contributed by atoms with Crippen molar-refractivity contribution < 1.29 is 9.59 Å². The molecule has 5 nitrogen and oxygen atoms in total. The van der Waals surface area contributed by atoms with Crippen LogP contribution in [0.4, 0.5) is 0 Å². The largest absolute Gasteiger partial charge is 0.357 e. The number of benzene rings is 1. The minimum atomic E-state index is -0.644. The van der Waals surface area contributed by atoms with Crippen molar-refractivity contribution in [2.75, 3.05) is 6.54 Å². The normalized spacial score (nSPS) is 16.8. The first-order valence-corrected chi connectivity index (χ1v) is 8.16. The summed E-state index contributed by atoms with van der Waals surface area (Å²) in [5.74, 6) is 0.297. The lowest BCUT2D eigenvalue weighted by atomic mass is 9.67. The maximum absolute atomic E-state index is 12.1. The monoisotopic (exact) mass is 324 g/mol. The molecule has 0 bridgehead atoms. The molecule has 0 spiro atoms. The van der Waals surface area contributed by atoms with Crippen molar-refractivity contribution in [2.24, 2.45) is 10.9 Å². The van der Waals surface area contributed by atoms with Gasteiger partial charge in [-0.1, -0.05) is 37.5 Å². The molecular weight excluding hydrogens is 301 g/mol. The molecule has 1 heterocycles. The Morgan fingerprint density at radius 1 is 1.33 bits per heavy atom. The van der Waals surface area contributed by atoms with E-state index in [4.69, 9.17) is 0 Å². The molecule has 1 radical (unpaired) electrons. The zero-order valence-electron chi connectivity index (χ0n) is 14.4. The van der Waals surface area contributed by atoms with Gasteiger partial charge in [-0.2, -0.15) is 0 Å². The Kier molecular flexibility index (Phi) is 6.35. The van der Waals surface area contributed by atoms with E-state index in [0.717, 1.165) is 24.1 Å². The van der Waals surface area contributed by atoms with Gasteiger partial charge in [0.2, 0.25) is 7.28 Å². The first-order chi connectivity index (χ1) is 11.5. The Balaban J connectivity index is 1.90. The van der Waals surface area contributed by atoms with E-state index in [1.54, 1.807) is 24.3 Å². The number of hydrogen-bond acceptors (Lipinski definition) is 3. The molecule has 1 aromatic rings. The third-order valence-corrected chi connectivity index (χ3v) is 3.71. The number of aliphatic imine (C=N–C) groups is 1. The Bertz CT molecular complexity index is 653. The van der Waals surface area contributed by atoms with Gasteiger partial charge in [-0.05, 0) is 31.4 Å². The van der Waals surface area contributed by atoms with E-state index in [1.165, 1.54) is 5.47 Å². The second kappa shape index (κ2) is 8.48. The van der Waals surface area contributed by atoms with Crippen LogP contribution in [0.3, 0.4) is 0 Å². The summed E-state index contributed by atoms with van der Waals surface area (Å²) in [6.45, 7) is 6.57. The summed E-state index contributed by atoms with van der Waals surface area (Å²) in [5, 5.41) is 5.91. The fourth-order valence-electron chi connectivity index (χ4n) is 2.48. The lowest BCUT2D eigenvalue weighted by Crippen LogP contribution is -2.39. The maximum Gasteiger partial charge on any atom is 0.251 e. The molecule has 1 aromatic carbocycles. The van der Waals surface area contributed by atoms with E-state index in [2.05, 4.69) is 29.5 Å². The zero-order chi connectivity index (χ0) is 17.5. The van der Waals surface area contributed by atoms with Crippen LogP contribution >= 0.6 is 0 Å². The first-order valence-electron chi connectivity index (χ1n) is 8.16. The summed E-state index contributed by atoms with van der Waals surface area (Å²) in [7, 11) is 2.01. The fourth-order valence-corrected chi connectivity index (χ4v) is 2.48. The molecular formula is C18H23BN3O2. The second-order valence-electron chi connectivity index (χ2n) is 6.33. The highest BCUT2D eigenvalue weighted by Gasteiger charge is 2.19. The Morgan fingerprint density at radius 2 is 2.04 bits per heavy atom. The third-order valence-electron chi connectivity index (χ3n) is 3.71. The van der Waals surface area contributed by atoms with Gasteiger partial charge in [0.05, 0.1) is 12.3 Å². The van der Waals surface area contributed by atoms with Gasteiger partial charge in [0.1, 0.15) is 12.3 Å². The van der Waals surface area contributed by atoms with Crippen LogP contribution in [0, 0.1) is 5.92 Å². The molecule has 1 atom stereocenters. The predicted molar refractivity (Wildman–Crippen MR) is 97.1 cm³/mol. The summed E-state index contributed by atoms with van der Waals surface area (Å²) in [4.78, 5) is 27.7. The van der Waals surface area contributed by atoms with Crippen LogP contribution in [0.5, 0.6) is 0 Å². The zero-order valence-corrected chi connectivity index (χ0v) is 14.4. The van der Waals surface area contributed by atoms with Crippen LogP contribution in [0.15, 0.2) is 46.5 Å². The first kappa shape index (κ1) is 18.0. The summed E-state index contributed by atoms with van der Waals surface area (Å²) in [6.07, 6.45) is 1.70. The number of amides is 1. The Labute approximate surface area is 143 Å². The Morgan fingerprint density at radius 3 is 2.67 bits per heavy atom. The van der Waals surface area contributed by atoms with Gasteiger partial charge in [0.25, 0.3) is 5.91 Å². The highest BCUT2D eigenvalue weighted by Crippen LogP contribution is 2.16. The summed E-state index contributed by atoms with van der Waals surface area (Å²) < 4.78 is 0. The minimum absolute atomic E-state index is 0.211. The standard InChI is InChI=1S/C18H23BN3O2/c1-12(2)9-16-13(3)21-18(19-16)20-10-15(11-23)22-17(24)14-7-5-4-6-8-14/h4-8,11-12,15H,9-10H2,1-3H3,(H,20,21)(H,22,24). The SMILES string of the molecule is CC1=C(CC(C)C)[B]C(=NCC(C=O)NC(=O)c2ccccc2)N1. The average Bonchev–Trinajstić information content (AvgIpc) is 2.91. The number of rotatable bonds is 7. The maximum atomic E-state index is 12.1. The summed E-state index contributed by atoms with van der Waals surface area (Å²) in [6, 6.07) is 8.18. The van der Waals surface area contributed by atoms with Crippen LogP contribution in [0.25, 0.3) is 0 Å². The van der Waals surface area contributed by atoms with Crippen LogP contribution in [0.2, 0.25) is 0 Å². The van der Waals surface area contributed by atoms with E-state index in [1.807, 2.05) is 20.3 Å². The number of carbonyl (C=O) groups excluding carboxylic acids is 2. The average molecular weight is 324 g/mol. The molecule has 6 heteroatoms. The van der Waals surface area contributed by atoms with Crippen molar-refractivity contribution >= 4 is 25.2 Å². The molecule has 1 aliphatic heterocycles. The van der Waals surface area contributed by atoms with Crippen LogP contribution in [-0.2, 0) is 4.79 Å². The van der Waals surface area contributed by atoms with Crippen molar-refractivity contribution in [1.82, 2.24) is 10.6 Å². The van der Waals surface area contributed by atoms with Crippen molar-refractivity contribution in [1.29, 1.82) is 0 Å². The van der Waals surface area contributed by atoms with Gasteiger partial charge < -0.3 is 15.4 Å². The lowest BCUT2D eigenvalue weighted by molar-refractivity contribution is -0.109. The van der Waals surface area contributed by atoms with Gasteiger partial charge in [0, 0.05) is 11.3 Å². The van der Waals surface area contributed by atoms with E-state index < -0.39 is 6.04 Å². The molecule has 1 unspecified atom stereocenters. The predicted octanol–water partition coefficient (Wildman–Crippen LogP) is 1.92. The molecule has 0 saturated heterocycles. The molecule has 0 aromatic heterocycles. The van der Waals surface area contributed by atoms with Gasteiger partial charge in [-0.25, -0.2) is 0 Å². The van der Waals surface area contributed by atoms with E-state index in [0.29, 0.717) is 11.5 Å². The highest BCUT2D eigenvalue weighted by atomic mass is 16.2. The second-order valence-corrected chi connectivity index (χ2v) is 6.33. The van der Waals surface area contributed by atoms with Crippen molar-refractivity contribution in [3.63, 3.8) is 0 Å². The molecule has 1 amide bonds. The molecule has 2 rings (SSSR count). The number of nitrogens with one attached hydrogen (secondary N) is 2. The summed E-state index contributed by atoms with van der Waals surface area (Å²) >= 11 is 0. The number of amidine groups is 1. The van der Waals surface area contributed by atoms with Crippen molar-refractivity contribution in [3.05, 3.63) is 47.1 Å². The van der Waals surface area contributed by atoms with Gasteiger partial charge in [-0.3, -0.25) is 9.79 Å². The van der Waals surface area contributed by atoms with E-state index in [9.17, 15) is 9.59 Å². The van der Waals surface area contributed by atoms with E-state index in [-0.39, 0.29) is 12.5 Å². The Hall–Kier alpha value is -2.37.